The van der Waals surface area contributed by atoms with Gasteiger partial charge >= 0.3 is 0 Å². The first-order chi connectivity index (χ1) is 12.8. The van der Waals surface area contributed by atoms with Crippen LogP contribution in [-0.4, -0.2) is 22.2 Å². The summed E-state index contributed by atoms with van der Waals surface area (Å²) in [5, 5.41) is 5.73. The molecule has 1 saturated carbocycles. The average molecular weight is 427 g/mol. The predicted molar refractivity (Wildman–Crippen MR) is 111 cm³/mol. The molecule has 1 heterocycles. The lowest BCUT2D eigenvalue weighted by Crippen LogP contribution is -2.11. The minimum absolute atomic E-state index is 0.0697. The van der Waals surface area contributed by atoms with Crippen LogP contribution in [0.2, 0.25) is 0 Å². The van der Waals surface area contributed by atoms with Gasteiger partial charge in [0, 0.05) is 26.4 Å². The molecule has 4 rings (SSSR count). The van der Waals surface area contributed by atoms with E-state index in [1.165, 1.54) is 12.8 Å². The molecule has 0 radical (unpaired) electrons. The van der Waals surface area contributed by atoms with Gasteiger partial charge in [-0.05, 0) is 63.1 Å². The van der Waals surface area contributed by atoms with Crippen molar-refractivity contribution in [3.05, 3.63) is 57.7 Å². The van der Waals surface area contributed by atoms with Crippen molar-refractivity contribution in [2.24, 2.45) is 5.41 Å². The Morgan fingerprint density at radius 3 is 2.74 bits per heavy atom. The number of aromatic nitrogens is 2. The maximum absolute atomic E-state index is 11.7. The summed E-state index contributed by atoms with van der Waals surface area (Å²) in [4.78, 5) is 11.7. The van der Waals surface area contributed by atoms with Gasteiger partial charge in [-0.25, -0.2) is 0 Å². The fraction of sp³-hybridized carbons (Fsp3) is 0.364. The van der Waals surface area contributed by atoms with E-state index in [2.05, 4.69) is 28.9 Å². The second kappa shape index (κ2) is 6.79. The van der Waals surface area contributed by atoms with Gasteiger partial charge < -0.3 is 4.74 Å². The van der Waals surface area contributed by atoms with E-state index in [1.54, 1.807) is 6.92 Å². The molecule has 0 atom stereocenters. The largest absolute Gasteiger partial charge is 0.493 e. The predicted octanol–water partition coefficient (Wildman–Crippen LogP) is 5.54. The third-order valence-corrected chi connectivity index (χ3v) is 5.86. The molecule has 0 saturated heterocycles. The maximum Gasteiger partial charge on any atom is 0.159 e. The van der Waals surface area contributed by atoms with Crippen molar-refractivity contribution >= 4 is 32.6 Å². The lowest BCUT2D eigenvalue weighted by molar-refractivity contribution is 0.101. The van der Waals surface area contributed by atoms with E-state index in [-0.39, 0.29) is 5.78 Å². The van der Waals surface area contributed by atoms with Crippen LogP contribution in [0.25, 0.3) is 10.9 Å². The monoisotopic (exact) mass is 426 g/mol. The molecule has 0 amide bonds. The van der Waals surface area contributed by atoms with Crippen LogP contribution in [0.4, 0.5) is 0 Å². The van der Waals surface area contributed by atoms with Gasteiger partial charge in [0.15, 0.2) is 5.78 Å². The number of hydrogen-bond donors (Lipinski definition) is 0. The van der Waals surface area contributed by atoms with Crippen molar-refractivity contribution < 1.29 is 9.53 Å². The Kier molecular flexibility index (Phi) is 4.58. The third-order valence-electron chi connectivity index (χ3n) is 5.36. The molecule has 0 N–H and O–H groups in total. The molecule has 3 aromatic rings. The molecule has 1 aliphatic rings. The summed E-state index contributed by atoms with van der Waals surface area (Å²) in [6.07, 6.45) is 2.47. The van der Waals surface area contributed by atoms with Gasteiger partial charge in [-0.3, -0.25) is 9.48 Å². The van der Waals surface area contributed by atoms with E-state index in [1.807, 2.05) is 41.9 Å². The Morgan fingerprint density at radius 2 is 2.04 bits per heavy atom. The van der Waals surface area contributed by atoms with Crippen LogP contribution in [0.15, 0.2) is 40.9 Å². The number of benzene rings is 2. The number of hydrogen-bond acceptors (Lipinski definition) is 3. The summed E-state index contributed by atoms with van der Waals surface area (Å²) in [5.74, 6) is 0.980. The summed E-state index contributed by atoms with van der Waals surface area (Å²) in [6, 6.07) is 11.9. The number of carbonyl (C=O) groups excluding carboxylic acids is 1. The highest BCUT2D eigenvalue weighted by atomic mass is 79.9. The quantitative estimate of drug-likeness (QED) is 0.486. The smallest absolute Gasteiger partial charge is 0.159 e. The number of Topliss-reactive ketones (excluding diaryl/α,β-unsaturated/α-hetero) is 1. The standard InChI is InChI=1S/C22H23BrN2O2/c1-14-19-11-16(15(2)26)4-6-20(19)25(24-14)12-17-10-18(23)5-7-21(17)27-13-22(3)8-9-22/h4-7,10-11H,8-9,12-13H2,1-3H3. The Bertz CT molecular complexity index is 1030. The zero-order valence-electron chi connectivity index (χ0n) is 15.9. The average Bonchev–Trinajstić information content (AvgIpc) is 3.29. The number of nitrogens with zero attached hydrogens (tertiary/aromatic N) is 2. The number of halogens is 1. The first-order valence-electron chi connectivity index (χ1n) is 9.24. The summed E-state index contributed by atoms with van der Waals surface area (Å²) in [6.45, 7) is 7.21. The van der Waals surface area contributed by atoms with Gasteiger partial charge in [0.2, 0.25) is 0 Å². The van der Waals surface area contributed by atoms with Crippen LogP contribution in [0.1, 0.15) is 48.3 Å². The zero-order valence-corrected chi connectivity index (χ0v) is 17.5. The van der Waals surface area contributed by atoms with Gasteiger partial charge in [-0.1, -0.05) is 22.9 Å². The molecule has 1 aliphatic carbocycles. The normalized spacial score (nSPS) is 15.1. The molecule has 27 heavy (non-hydrogen) atoms. The number of ketones is 1. The molecule has 4 nitrogen and oxygen atoms in total. The van der Waals surface area contributed by atoms with Crippen molar-refractivity contribution in [1.82, 2.24) is 9.78 Å². The highest BCUT2D eigenvalue weighted by molar-refractivity contribution is 9.10. The van der Waals surface area contributed by atoms with E-state index in [9.17, 15) is 4.79 Å². The third kappa shape index (κ3) is 3.79. The van der Waals surface area contributed by atoms with Gasteiger partial charge in [0.1, 0.15) is 5.75 Å². The highest BCUT2D eigenvalue weighted by Gasteiger charge is 2.38. The van der Waals surface area contributed by atoms with Crippen molar-refractivity contribution in [3.8, 4) is 5.75 Å². The van der Waals surface area contributed by atoms with Crippen molar-refractivity contribution in [2.45, 2.75) is 40.2 Å². The number of fused-ring (bicyclic) bond motifs is 1. The van der Waals surface area contributed by atoms with E-state index in [0.717, 1.165) is 39.0 Å². The van der Waals surface area contributed by atoms with E-state index in [0.29, 0.717) is 17.5 Å². The molecule has 0 spiro atoms. The van der Waals surface area contributed by atoms with E-state index >= 15 is 0 Å². The molecule has 1 aromatic heterocycles. The van der Waals surface area contributed by atoms with Crippen molar-refractivity contribution in [1.29, 1.82) is 0 Å². The topological polar surface area (TPSA) is 44.1 Å². The lowest BCUT2D eigenvalue weighted by atomic mass is 10.1. The lowest BCUT2D eigenvalue weighted by Gasteiger charge is -2.15. The summed E-state index contributed by atoms with van der Waals surface area (Å²) in [5.41, 5.74) is 4.10. The van der Waals surface area contributed by atoms with Gasteiger partial charge in [0.25, 0.3) is 0 Å². The Balaban J connectivity index is 1.67. The van der Waals surface area contributed by atoms with Gasteiger partial charge in [-0.2, -0.15) is 5.10 Å². The molecule has 1 fully saturated rings. The van der Waals surface area contributed by atoms with Crippen LogP contribution in [-0.2, 0) is 6.54 Å². The van der Waals surface area contributed by atoms with Gasteiger partial charge in [-0.15, -0.1) is 0 Å². The van der Waals surface area contributed by atoms with Crippen molar-refractivity contribution in [3.63, 3.8) is 0 Å². The minimum atomic E-state index is 0.0697. The number of rotatable bonds is 6. The van der Waals surface area contributed by atoms with Crippen LogP contribution >= 0.6 is 15.9 Å². The van der Waals surface area contributed by atoms with Crippen LogP contribution in [0, 0.1) is 12.3 Å². The second-order valence-corrected chi connectivity index (χ2v) is 8.80. The molecular formula is C22H23BrN2O2. The highest BCUT2D eigenvalue weighted by Crippen LogP contribution is 2.45. The molecule has 0 aliphatic heterocycles. The maximum atomic E-state index is 11.7. The summed E-state index contributed by atoms with van der Waals surface area (Å²) >= 11 is 3.57. The number of ether oxygens (including phenoxy) is 1. The number of carbonyl (C=O) groups is 1. The fourth-order valence-corrected chi connectivity index (χ4v) is 3.67. The van der Waals surface area contributed by atoms with E-state index < -0.39 is 0 Å². The Hall–Kier alpha value is -2.14. The summed E-state index contributed by atoms with van der Waals surface area (Å²) < 4.78 is 9.16. The summed E-state index contributed by atoms with van der Waals surface area (Å²) in [7, 11) is 0. The van der Waals surface area contributed by atoms with Gasteiger partial charge in [0.05, 0.1) is 24.4 Å². The second-order valence-electron chi connectivity index (χ2n) is 7.88. The van der Waals surface area contributed by atoms with E-state index in [4.69, 9.17) is 9.84 Å². The van der Waals surface area contributed by atoms with Crippen LogP contribution in [0.3, 0.4) is 0 Å². The Labute approximate surface area is 167 Å². The molecule has 2 aromatic carbocycles. The fourth-order valence-electron chi connectivity index (χ4n) is 3.26. The van der Waals surface area contributed by atoms with Crippen LogP contribution < -0.4 is 4.74 Å². The SMILES string of the molecule is CC(=O)c1ccc2c(c1)c(C)nn2Cc1cc(Br)ccc1OCC1(C)CC1. The first-order valence-corrected chi connectivity index (χ1v) is 10.0. The molecule has 0 bridgehead atoms. The Morgan fingerprint density at radius 1 is 1.26 bits per heavy atom. The molecule has 140 valence electrons. The van der Waals surface area contributed by atoms with Crippen LogP contribution in [0.5, 0.6) is 5.75 Å². The molecule has 5 heteroatoms. The molecule has 0 unspecified atom stereocenters. The number of aryl methyl sites for hydroxylation is 1. The first kappa shape index (κ1) is 18.2. The minimum Gasteiger partial charge on any atom is -0.493 e. The zero-order chi connectivity index (χ0) is 19.2. The molecular weight excluding hydrogens is 404 g/mol. The van der Waals surface area contributed by atoms with Crippen molar-refractivity contribution in [2.75, 3.05) is 6.61 Å².